The summed E-state index contributed by atoms with van der Waals surface area (Å²) in [5, 5.41) is 0. The topological polar surface area (TPSA) is 63.2 Å². The Morgan fingerprint density at radius 2 is 1.71 bits per heavy atom. The Kier molecular flexibility index (Phi) is 4.17. The Labute approximate surface area is 140 Å². The SMILES string of the molecule is Cc1ccccc1S(=O)(=O)NC(=O)C1(c2ccc(F)cc2)CCC1. The maximum atomic E-state index is 13.1. The number of hydrogen-bond acceptors (Lipinski definition) is 3. The second-order valence-electron chi connectivity index (χ2n) is 6.14. The maximum absolute atomic E-state index is 13.1. The number of sulfonamides is 1. The van der Waals surface area contributed by atoms with E-state index in [1.54, 1.807) is 37.3 Å². The van der Waals surface area contributed by atoms with E-state index in [9.17, 15) is 17.6 Å². The molecule has 1 aliphatic rings. The molecule has 1 aliphatic carbocycles. The first-order chi connectivity index (χ1) is 11.3. The van der Waals surface area contributed by atoms with Crippen molar-refractivity contribution in [2.24, 2.45) is 0 Å². The molecule has 1 fully saturated rings. The highest BCUT2D eigenvalue weighted by atomic mass is 32.2. The van der Waals surface area contributed by atoms with E-state index < -0.39 is 21.3 Å². The minimum absolute atomic E-state index is 0.0897. The number of rotatable bonds is 4. The van der Waals surface area contributed by atoms with Gasteiger partial charge in [0.05, 0.1) is 10.3 Å². The van der Waals surface area contributed by atoms with Crippen LogP contribution in [0.4, 0.5) is 4.39 Å². The molecule has 1 N–H and O–H groups in total. The first-order valence-corrected chi connectivity index (χ1v) is 9.22. The number of carbonyl (C=O) groups is 1. The fourth-order valence-corrected chi connectivity index (χ4v) is 4.38. The summed E-state index contributed by atoms with van der Waals surface area (Å²) in [4.78, 5) is 12.8. The van der Waals surface area contributed by atoms with Gasteiger partial charge in [0.1, 0.15) is 5.82 Å². The van der Waals surface area contributed by atoms with E-state index in [0.29, 0.717) is 24.0 Å². The average molecular weight is 347 g/mol. The van der Waals surface area contributed by atoms with Gasteiger partial charge >= 0.3 is 0 Å². The highest BCUT2D eigenvalue weighted by Crippen LogP contribution is 2.44. The zero-order chi connectivity index (χ0) is 17.4. The smallest absolute Gasteiger partial charge is 0.264 e. The zero-order valence-electron chi connectivity index (χ0n) is 13.3. The van der Waals surface area contributed by atoms with Crippen LogP contribution in [0, 0.1) is 12.7 Å². The van der Waals surface area contributed by atoms with E-state index >= 15 is 0 Å². The monoisotopic (exact) mass is 347 g/mol. The molecule has 2 aromatic carbocycles. The summed E-state index contributed by atoms with van der Waals surface area (Å²) < 4.78 is 40.4. The first kappa shape index (κ1) is 16.6. The van der Waals surface area contributed by atoms with Gasteiger partial charge in [-0.2, -0.15) is 0 Å². The summed E-state index contributed by atoms with van der Waals surface area (Å²) in [5.41, 5.74) is 0.318. The van der Waals surface area contributed by atoms with Gasteiger partial charge < -0.3 is 0 Å². The first-order valence-electron chi connectivity index (χ1n) is 7.74. The molecular formula is C18H18FNO3S. The Morgan fingerprint density at radius 1 is 1.08 bits per heavy atom. The van der Waals surface area contributed by atoms with Crippen molar-refractivity contribution in [3.05, 3.63) is 65.5 Å². The molecule has 0 aromatic heterocycles. The van der Waals surface area contributed by atoms with Gasteiger partial charge in [-0.15, -0.1) is 0 Å². The summed E-state index contributed by atoms with van der Waals surface area (Å²) in [6, 6.07) is 12.2. The maximum Gasteiger partial charge on any atom is 0.264 e. The molecule has 0 unspecified atom stereocenters. The van der Waals surface area contributed by atoms with Gasteiger partial charge in [-0.3, -0.25) is 4.79 Å². The Bertz CT molecular complexity index is 871. The number of hydrogen-bond donors (Lipinski definition) is 1. The van der Waals surface area contributed by atoms with Crippen molar-refractivity contribution < 1.29 is 17.6 Å². The highest BCUT2D eigenvalue weighted by molar-refractivity contribution is 7.90. The summed E-state index contributed by atoms with van der Waals surface area (Å²) in [7, 11) is -3.94. The summed E-state index contributed by atoms with van der Waals surface area (Å²) in [5.74, 6) is -0.940. The van der Waals surface area contributed by atoms with Gasteiger partial charge in [0.15, 0.2) is 0 Å². The number of benzene rings is 2. The largest absolute Gasteiger partial charge is 0.273 e. The molecule has 1 saturated carbocycles. The van der Waals surface area contributed by atoms with Crippen molar-refractivity contribution in [2.45, 2.75) is 36.5 Å². The van der Waals surface area contributed by atoms with Crippen molar-refractivity contribution >= 4 is 15.9 Å². The van der Waals surface area contributed by atoms with Gasteiger partial charge in [-0.1, -0.05) is 36.8 Å². The third-order valence-corrected chi connectivity index (χ3v) is 6.14. The summed E-state index contributed by atoms with van der Waals surface area (Å²) in [6.07, 6.45) is 1.93. The van der Waals surface area contributed by atoms with Gasteiger partial charge in [0.2, 0.25) is 5.91 Å². The Balaban J connectivity index is 1.91. The molecule has 3 rings (SSSR count). The van der Waals surface area contributed by atoms with E-state index in [4.69, 9.17) is 0 Å². The van der Waals surface area contributed by atoms with E-state index in [1.807, 2.05) is 0 Å². The van der Waals surface area contributed by atoms with Crippen molar-refractivity contribution in [2.75, 3.05) is 0 Å². The summed E-state index contributed by atoms with van der Waals surface area (Å²) in [6.45, 7) is 1.68. The lowest BCUT2D eigenvalue weighted by Crippen LogP contribution is -2.50. The Hall–Kier alpha value is -2.21. The lowest BCUT2D eigenvalue weighted by molar-refractivity contribution is -0.128. The van der Waals surface area contributed by atoms with Crippen LogP contribution >= 0.6 is 0 Å². The molecule has 0 atom stereocenters. The molecule has 0 bridgehead atoms. The molecule has 2 aromatic rings. The van der Waals surface area contributed by atoms with Crippen molar-refractivity contribution in [1.82, 2.24) is 4.72 Å². The van der Waals surface area contributed by atoms with Gasteiger partial charge in [0, 0.05) is 0 Å². The number of halogens is 1. The molecule has 0 spiro atoms. The molecule has 0 saturated heterocycles. The Morgan fingerprint density at radius 3 is 2.25 bits per heavy atom. The van der Waals surface area contributed by atoms with Gasteiger partial charge in [0.25, 0.3) is 10.0 Å². The molecule has 0 radical (unpaired) electrons. The van der Waals surface area contributed by atoms with Crippen LogP contribution in [-0.4, -0.2) is 14.3 Å². The standard InChI is InChI=1S/C18H18FNO3S/c1-13-5-2-3-6-16(13)24(22,23)20-17(21)18(11-4-12-18)14-7-9-15(19)10-8-14/h2-3,5-10H,4,11-12H2,1H3,(H,20,21). The highest BCUT2D eigenvalue weighted by Gasteiger charge is 2.47. The zero-order valence-corrected chi connectivity index (χ0v) is 14.1. The molecule has 24 heavy (non-hydrogen) atoms. The van der Waals surface area contributed by atoms with E-state index in [-0.39, 0.29) is 10.7 Å². The minimum Gasteiger partial charge on any atom is -0.273 e. The lowest BCUT2D eigenvalue weighted by atomic mass is 9.64. The third-order valence-electron chi connectivity index (χ3n) is 4.65. The number of aryl methyl sites for hydroxylation is 1. The van der Waals surface area contributed by atoms with Crippen molar-refractivity contribution in [1.29, 1.82) is 0 Å². The molecule has 6 heteroatoms. The number of carbonyl (C=O) groups excluding carboxylic acids is 1. The molecule has 1 amide bonds. The number of amides is 1. The van der Waals surface area contributed by atoms with Crippen LogP contribution in [0.2, 0.25) is 0 Å². The molecule has 4 nitrogen and oxygen atoms in total. The second kappa shape index (κ2) is 6.02. The van der Waals surface area contributed by atoms with E-state index in [2.05, 4.69) is 4.72 Å². The van der Waals surface area contributed by atoms with Crippen LogP contribution in [0.25, 0.3) is 0 Å². The molecular weight excluding hydrogens is 329 g/mol. The normalized spacial score (nSPS) is 16.2. The molecule has 0 heterocycles. The van der Waals surface area contributed by atoms with Crippen LogP contribution < -0.4 is 4.72 Å². The van der Waals surface area contributed by atoms with Crippen LogP contribution in [0.15, 0.2) is 53.4 Å². The van der Waals surface area contributed by atoms with E-state index in [0.717, 1.165) is 6.42 Å². The van der Waals surface area contributed by atoms with E-state index in [1.165, 1.54) is 18.2 Å². The predicted molar refractivity (Wildman–Crippen MR) is 88.4 cm³/mol. The van der Waals surface area contributed by atoms with Gasteiger partial charge in [-0.05, 0) is 49.1 Å². The average Bonchev–Trinajstić information content (AvgIpc) is 2.48. The predicted octanol–water partition coefficient (Wildman–Crippen LogP) is 3.06. The van der Waals surface area contributed by atoms with Crippen molar-refractivity contribution in [3.8, 4) is 0 Å². The quantitative estimate of drug-likeness (QED) is 0.924. The van der Waals surface area contributed by atoms with Crippen LogP contribution in [-0.2, 0) is 20.2 Å². The third kappa shape index (κ3) is 2.82. The fourth-order valence-electron chi connectivity index (χ4n) is 3.08. The fraction of sp³-hybridized carbons (Fsp3) is 0.278. The van der Waals surface area contributed by atoms with Crippen LogP contribution in [0.1, 0.15) is 30.4 Å². The van der Waals surface area contributed by atoms with Crippen LogP contribution in [0.3, 0.4) is 0 Å². The lowest BCUT2D eigenvalue weighted by Gasteiger charge is -2.40. The van der Waals surface area contributed by atoms with Crippen LogP contribution in [0.5, 0.6) is 0 Å². The molecule has 126 valence electrons. The second-order valence-corrected chi connectivity index (χ2v) is 7.79. The van der Waals surface area contributed by atoms with Gasteiger partial charge in [-0.25, -0.2) is 17.5 Å². The summed E-state index contributed by atoms with van der Waals surface area (Å²) >= 11 is 0. The molecule has 0 aliphatic heterocycles. The van der Waals surface area contributed by atoms with Crippen molar-refractivity contribution in [3.63, 3.8) is 0 Å². The number of nitrogens with one attached hydrogen (secondary N) is 1. The minimum atomic E-state index is -3.94.